The highest BCUT2D eigenvalue weighted by Gasteiger charge is 2.33. The molecule has 2 N–H and O–H groups in total. The first-order chi connectivity index (χ1) is 18.7. The van der Waals surface area contributed by atoms with Crippen molar-refractivity contribution in [3.05, 3.63) is 83.6 Å². The van der Waals surface area contributed by atoms with Crippen molar-refractivity contribution in [1.29, 1.82) is 0 Å². The minimum absolute atomic E-state index is 0.163. The van der Waals surface area contributed by atoms with Gasteiger partial charge in [-0.05, 0) is 42.0 Å². The Balaban J connectivity index is 1.64. The van der Waals surface area contributed by atoms with Crippen molar-refractivity contribution in [3.63, 3.8) is 0 Å². The van der Waals surface area contributed by atoms with Gasteiger partial charge in [0.25, 0.3) is 5.91 Å². The average Bonchev–Trinajstić information content (AvgIpc) is 3.28. The molecule has 0 bridgehead atoms. The van der Waals surface area contributed by atoms with E-state index in [2.05, 4.69) is 15.1 Å². The van der Waals surface area contributed by atoms with Gasteiger partial charge in [0.05, 0.1) is 45.3 Å². The Labute approximate surface area is 224 Å². The van der Waals surface area contributed by atoms with Crippen molar-refractivity contribution in [1.82, 2.24) is 19.7 Å². The Hall–Kier alpha value is -4.59. The predicted octanol–water partition coefficient (Wildman–Crippen LogP) is 4.51. The van der Waals surface area contributed by atoms with Gasteiger partial charge < -0.3 is 10.6 Å². The molecular formula is C26H20F4N6O3S. The molecule has 5 rings (SSSR count). The van der Waals surface area contributed by atoms with E-state index in [4.69, 9.17) is 5.73 Å². The van der Waals surface area contributed by atoms with Crippen LogP contribution in [-0.4, -0.2) is 40.3 Å². The lowest BCUT2D eigenvalue weighted by Crippen LogP contribution is -2.32. The van der Waals surface area contributed by atoms with Crippen LogP contribution in [0.2, 0.25) is 0 Å². The summed E-state index contributed by atoms with van der Waals surface area (Å²) < 4.78 is 79.9. The summed E-state index contributed by atoms with van der Waals surface area (Å²) in [6.07, 6.45) is -1.52. The number of nitrogen functional groups attached to an aromatic ring is 1. The number of nitrogens with two attached hydrogens (primary N) is 1. The molecule has 206 valence electrons. The SMILES string of the molecule is Cn1ncc2c(N)nc3cc(CN(C(=O)c4ccc(C(F)(F)F)nc4)c4ccc(F)cc4S(C)(=O)=O)ccc3c21. The van der Waals surface area contributed by atoms with Gasteiger partial charge in [-0.25, -0.2) is 17.8 Å². The first-order valence-corrected chi connectivity index (χ1v) is 13.5. The third kappa shape index (κ3) is 4.93. The van der Waals surface area contributed by atoms with Gasteiger partial charge in [0, 0.05) is 24.9 Å². The number of carbonyl (C=O) groups excluding carboxylic acids is 1. The molecule has 0 atom stereocenters. The largest absolute Gasteiger partial charge is 0.433 e. The molecule has 0 saturated carbocycles. The first kappa shape index (κ1) is 27.0. The molecule has 3 aromatic heterocycles. The molecule has 0 aliphatic rings. The lowest BCUT2D eigenvalue weighted by molar-refractivity contribution is -0.141. The molecule has 0 aliphatic heterocycles. The zero-order chi connectivity index (χ0) is 29.0. The highest BCUT2D eigenvalue weighted by molar-refractivity contribution is 7.90. The summed E-state index contributed by atoms with van der Waals surface area (Å²) in [5.41, 5.74) is 6.19. The van der Waals surface area contributed by atoms with Crippen LogP contribution in [0.15, 0.2) is 65.8 Å². The summed E-state index contributed by atoms with van der Waals surface area (Å²) in [5.74, 6) is -1.47. The molecule has 0 saturated heterocycles. The highest BCUT2D eigenvalue weighted by Crippen LogP contribution is 2.32. The molecule has 2 aromatic carbocycles. The molecule has 0 aliphatic carbocycles. The number of benzene rings is 2. The summed E-state index contributed by atoms with van der Waals surface area (Å²) in [6, 6.07) is 9.54. The van der Waals surface area contributed by atoms with E-state index >= 15 is 0 Å². The quantitative estimate of drug-likeness (QED) is 0.308. The maximum absolute atomic E-state index is 14.1. The normalized spacial score (nSPS) is 12.2. The van der Waals surface area contributed by atoms with Crippen LogP contribution < -0.4 is 10.6 Å². The number of aryl methyl sites for hydroxylation is 1. The van der Waals surface area contributed by atoms with Gasteiger partial charge in [0.2, 0.25) is 0 Å². The van der Waals surface area contributed by atoms with Gasteiger partial charge in [0.15, 0.2) is 9.84 Å². The van der Waals surface area contributed by atoms with Crippen molar-refractivity contribution in [2.24, 2.45) is 7.05 Å². The number of hydrogen-bond donors (Lipinski definition) is 1. The number of aromatic nitrogens is 4. The number of fused-ring (bicyclic) bond motifs is 3. The second-order valence-electron chi connectivity index (χ2n) is 9.08. The van der Waals surface area contributed by atoms with E-state index < -0.39 is 38.3 Å². The fourth-order valence-corrected chi connectivity index (χ4v) is 5.29. The lowest BCUT2D eigenvalue weighted by Gasteiger charge is -2.25. The predicted molar refractivity (Wildman–Crippen MR) is 140 cm³/mol. The molecule has 40 heavy (non-hydrogen) atoms. The number of hydrogen-bond acceptors (Lipinski definition) is 7. The molecule has 0 radical (unpaired) electrons. The van der Waals surface area contributed by atoms with Crippen LogP contribution in [0.25, 0.3) is 21.8 Å². The van der Waals surface area contributed by atoms with Crippen molar-refractivity contribution < 1.29 is 30.8 Å². The second kappa shape index (κ2) is 9.55. The molecule has 9 nitrogen and oxygen atoms in total. The Morgan fingerprint density at radius 3 is 2.45 bits per heavy atom. The number of nitrogens with zero attached hydrogens (tertiary/aromatic N) is 5. The minimum atomic E-state index is -4.72. The average molecular weight is 573 g/mol. The molecule has 3 heterocycles. The smallest absolute Gasteiger partial charge is 0.383 e. The van der Waals surface area contributed by atoms with Crippen molar-refractivity contribution in [3.8, 4) is 0 Å². The summed E-state index contributed by atoms with van der Waals surface area (Å²) >= 11 is 0. The number of alkyl halides is 3. The van der Waals surface area contributed by atoms with Crippen LogP contribution >= 0.6 is 0 Å². The van der Waals surface area contributed by atoms with Crippen LogP contribution in [0, 0.1) is 5.82 Å². The number of halogens is 4. The maximum atomic E-state index is 14.1. The van der Waals surface area contributed by atoms with Gasteiger partial charge in [0.1, 0.15) is 17.3 Å². The molecule has 0 unspecified atom stereocenters. The van der Waals surface area contributed by atoms with Crippen molar-refractivity contribution in [2.45, 2.75) is 17.6 Å². The van der Waals surface area contributed by atoms with E-state index in [9.17, 15) is 30.8 Å². The fraction of sp³-hybridized carbons (Fsp3) is 0.154. The van der Waals surface area contributed by atoms with Gasteiger partial charge in [-0.1, -0.05) is 12.1 Å². The summed E-state index contributed by atoms with van der Waals surface area (Å²) in [5, 5.41) is 5.59. The van der Waals surface area contributed by atoms with E-state index in [1.807, 2.05) is 0 Å². The van der Waals surface area contributed by atoms with Gasteiger partial charge in [-0.2, -0.15) is 18.3 Å². The van der Waals surface area contributed by atoms with Crippen LogP contribution in [0.1, 0.15) is 21.6 Å². The minimum Gasteiger partial charge on any atom is -0.383 e. The van der Waals surface area contributed by atoms with E-state index in [1.165, 1.54) is 0 Å². The van der Waals surface area contributed by atoms with Crippen molar-refractivity contribution >= 4 is 49.1 Å². The van der Waals surface area contributed by atoms with Gasteiger partial charge in [-0.3, -0.25) is 14.5 Å². The molecular weight excluding hydrogens is 552 g/mol. The second-order valence-corrected chi connectivity index (χ2v) is 11.1. The van der Waals surface area contributed by atoms with E-state index in [-0.39, 0.29) is 23.6 Å². The van der Waals surface area contributed by atoms with Crippen LogP contribution in [0.4, 0.5) is 29.1 Å². The number of carbonyl (C=O) groups is 1. The third-order valence-corrected chi connectivity index (χ3v) is 7.40. The van der Waals surface area contributed by atoms with Gasteiger partial charge >= 0.3 is 6.18 Å². The monoisotopic (exact) mass is 572 g/mol. The number of amides is 1. The Morgan fingerprint density at radius 1 is 1.05 bits per heavy atom. The van der Waals surface area contributed by atoms with E-state index in [0.29, 0.717) is 22.5 Å². The first-order valence-electron chi connectivity index (χ1n) is 11.6. The van der Waals surface area contributed by atoms with Crippen LogP contribution in [0.3, 0.4) is 0 Å². The molecule has 1 amide bonds. The molecule has 14 heteroatoms. The summed E-state index contributed by atoms with van der Waals surface area (Å²) in [7, 11) is -2.29. The number of rotatable bonds is 5. The maximum Gasteiger partial charge on any atom is 0.433 e. The molecule has 0 spiro atoms. The van der Waals surface area contributed by atoms with Gasteiger partial charge in [-0.15, -0.1) is 0 Å². The summed E-state index contributed by atoms with van der Waals surface area (Å²) in [6.45, 7) is -0.241. The summed E-state index contributed by atoms with van der Waals surface area (Å²) in [4.78, 5) is 22.0. The molecule has 5 aromatic rings. The fourth-order valence-electron chi connectivity index (χ4n) is 4.40. The highest BCUT2D eigenvalue weighted by atomic mass is 32.2. The lowest BCUT2D eigenvalue weighted by atomic mass is 10.1. The Bertz CT molecular complexity index is 1900. The van der Waals surface area contributed by atoms with Crippen molar-refractivity contribution in [2.75, 3.05) is 16.9 Å². The standard InChI is InChI=1S/C26H20F4N6O3S/c1-35-23-17-6-3-14(9-19(17)34-24(31)18(23)12-33-35)13-36(20-7-5-16(27)10-21(20)40(2,38)39)25(37)15-4-8-22(32-11-15)26(28,29)30/h3-12H,13H2,1-2H3,(H2,31,34). The zero-order valence-electron chi connectivity index (χ0n) is 20.9. The number of anilines is 2. The zero-order valence-corrected chi connectivity index (χ0v) is 21.8. The Kier molecular flexibility index (Phi) is 6.45. The topological polar surface area (TPSA) is 124 Å². The van der Waals surface area contributed by atoms with E-state index in [0.717, 1.165) is 52.5 Å². The number of pyridine rings is 2. The van der Waals surface area contributed by atoms with Crippen LogP contribution in [0.5, 0.6) is 0 Å². The number of sulfone groups is 1. The Morgan fingerprint density at radius 2 is 1.80 bits per heavy atom. The third-order valence-electron chi connectivity index (χ3n) is 6.27. The van der Waals surface area contributed by atoms with Crippen LogP contribution in [-0.2, 0) is 29.6 Å². The molecule has 0 fully saturated rings. The van der Waals surface area contributed by atoms with E-state index in [1.54, 1.807) is 36.1 Å².